The molecule has 3 aromatic rings. The lowest BCUT2D eigenvalue weighted by Gasteiger charge is -2.26. The number of hydrogen-bond acceptors (Lipinski definition) is 8. The molecule has 1 fully saturated rings. The summed E-state index contributed by atoms with van der Waals surface area (Å²) < 4.78 is 64.0. The normalized spacial score (nSPS) is 16.0. The Kier molecular flexibility index (Phi) is 6.71. The first-order valence-electron chi connectivity index (χ1n) is 11.4. The van der Waals surface area contributed by atoms with Gasteiger partial charge in [0.25, 0.3) is 0 Å². The van der Waals surface area contributed by atoms with Crippen molar-refractivity contribution in [3.63, 3.8) is 0 Å². The Labute approximate surface area is 206 Å². The Morgan fingerprint density at radius 3 is 2.37 bits per heavy atom. The summed E-state index contributed by atoms with van der Waals surface area (Å²) in [7, 11) is -6.52. The molecule has 0 aliphatic carbocycles. The van der Waals surface area contributed by atoms with Crippen LogP contribution < -0.4 is 4.74 Å². The average molecular weight is 522 g/mol. The number of aromatic nitrogens is 3. The first-order chi connectivity index (χ1) is 16.3. The number of sulfone groups is 2. The lowest BCUT2D eigenvalue weighted by atomic mass is 9.94. The molecular formula is C24H31N3O6S2. The van der Waals surface area contributed by atoms with Crippen molar-refractivity contribution in [3.8, 4) is 5.88 Å². The minimum absolute atomic E-state index is 0.00748. The van der Waals surface area contributed by atoms with Crippen LogP contribution in [0.4, 0.5) is 0 Å². The number of imidazole rings is 1. The molecular weight excluding hydrogens is 490 g/mol. The highest BCUT2D eigenvalue weighted by molar-refractivity contribution is 7.92. The highest BCUT2D eigenvalue weighted by atomic mass is 32.2. The molecule has 1 aromatic carbocycles. The topological polar surface area (TPSA) is 117 Å². The molecule has 0 saturated carbocycles. The van der Waals surface area contributed by atoms with E-state index in [1.54, 1.807) is 6.07 Å². The largest absolute Gasteiger partial charge is 0.480 e. The predicted molar refractivity (Wildman–Crippen MR) is 131 cm³/mol. The van der Waals surface area contributed by atoms with Gasteiger partial charge in [-0.15, -0.1) is 0 Å². The SMILES string of the molecule is COc1ncc(S(C)(=O)=O)cc1S(=O)(=O)c1ccc2c(c1)nc(C(C)(C)C)n2CC1CCOCC1. The van der Waals surface area contributed by atoms with E-state index in [4.69, 9.17) is 14.5 Å². The van der Waals surface area contributed by atoms with Gasteiger partial charge in [-0.25, -0.2) is 26.8 Å². The van der Waals surface area contributed by atoms with Crippen molar-refractivity contribution < 1.29 is 26.3 Å². The van der Waals surface area contributed by atoms with E-state index in [0.717, 1.165) is 62.5 Å². The summed E-state index contributed by atoms with van der Waals surface area (Å²) in [5.41, 5.74) is 1.17. The highest BCUT2D eigenvalue weighted by Crippen LogP contribution is 2.34. The number of hydrogen-bond donors (Lipinski definition) is 0. The van der Waals surface area contributed by atoms with Gasteiger partial charge in [0.15, 0.2) is 9.84 Å². The van der Waals surface area contributed by atoms with Crippen LogP contribution in [0, 0.1) is 5.92 Å². The first kappa shape index (κ1) is 25.6. The number of rotatable bonds is 6. The van der Waals surface area contributed by atoms with Crippen molar-refractivity contribution in [1.29, 1.82) is 0 Å². The van der Waals surface area contributed by atoms with Crippen LogP contribution in [0.15, 0.2) is 45.1 Å². The fourth-order valence-corrected chi connectivity index (χ4v) is 6.38. The van der Waals surface area contributed by atoms with Crippen molar-refractivity contribution in [2.24, 2.45) is 5.92 Å². The molecule has 190 valence electrons. The number of methoxy groups -OCH3 is 1. The smallest absolute Gasteiger partial charge is 0.232 e. The van der Waals surface area contributed by atoms with E-state index in [1.807, 2.05) is 0 Å². The van der Waals surface area contributed by atoms with Crippen LogP contribution in [0.5, 0.6) is 5.88 Å². The molecule has 4 rings (SSSR count). The number of benzene rings is 1. The number of fused-ring (bicyclic) bond motifs is 1. The van der Waals surface area contributed by atoms with Crippen LogP contribution in [-0.2, 0) is 36.4 Å². The zero-order valence-corrected chi connectivity index (χ0v) is 22.2. The van der Waals surface area contributed by atoms with E-state index in [9.17, 15) is 16.8 Å². The van der Waals surface area contributed by atoms with Crippen molar-refractivity contribution in [3.05, 3.63) is 36.3 Å². The lowest BCUT2D eigenvalue weighted by molar-refractivity contribution is 0.0611. The molecule has 0 spiro atoms. The molecule has 2 aromatic heterocycles. The zero-order valence-electron chi connectivity index (χ0n) is 20.6. The molecule has 1 aliphatic heterocycles. The monoisotopic (exact) mass is 521 g/mol. The maximum Gasteiger partial charge on any atom is 0.232 e. The second-order valence-electron chi connectivity index (χ2n) is 9.96. The van der Waals surface area contributed by atoms with E-state index in [2.05, 4.69) is 30.3 Å². The molecule has 0 bridgehead atoms. The van der Waals surface area contributed by atoms with E-state index >= 15 is 0 Å². The Balaban J connectivity index is 1.84. The molecule has 0 unspecified atom stereocenters. The van der Waals surface area contributed by atoms with Gasteiger partial charge in [0.1, 0.15) is 10.7 Å². The van der Waals surface area contributed by atoms with Gasteiger partial charge in [0.2, 0.25) is 15.7 Å². The van der Waals surface area contributed by atoms with Crippen LogP contribution in [0.1, 0.15) is 39.4 Å². The van der Waals surface area contributed by atoms with Crippen LogP contribution in [-0.4, -0.2) is 57.9 Å². The Morgan fingerprint density at radius 1 is 1.09 bits per heavy atom. The minimum atomic E-state index is -4.14. The van der Waals surface area contributed by atoms with Gasteiger partial charge in [0, 0.05) is 37.6 Å². The van der Waals surface area contributed by atoms with E-state index < -0.39 is 19.7 Å². The molecule has 1 aliphatic rings. The second kappa shape index (κ2) is 9.18. The molecule has 3 heterocycles. The summed E-state index contributed by atoms with van der Waals surface area (Å²) in [5, 5.41) is 0. The van der Waals surface area contributed by atoms with Gasteiger partial charge in [-0.05, 0) is 43.0 Å². The van der Waals surface area contributed by atoms with E-state index in [-0.39, 0.29) is 26.0 Å². The lowest BCUT2D eigenvalue weighted by Crippen LogP contribution is -2.25. The Morgan fingerprint density at radius 2 is 1.77 bits per heavy atom. The summed E-state index contributed by atoms with van der Waals surface area (Å²) >= 11 is 0. The molecule has 11 heteroatoms. The first-order valence-corrected chi connectivity index (χ1v) is 14.8. The average Bonchev–Trinajstić information content (AvgIpc) is 3.17. The highest BCUT2D eigenvalue weighted by Gasteiger charge is 2.29. The molecule has 0 N–H and O–H groups in total. The number of nitrogens with zero attached hydrogens (tertiary/aromatic N) is 3. The van der Waals surface area contributed by atoms with Gasteiger partial charge in [-0.1, -0.05) is 20.8 Å². The third-order valence-corrected chi connectivity index (χ3v) is 9.01. The van der Waals surface area contributed by atoms with Crippen LogP contribution in [0.2, 0.25) is 0 Å². The Hall–Kier alpha value is -2.50. The summed E-state index contributed by atoms with van der Waals surface area (Å²) in [6.07, 6.45) is 4.03. The third-order valence-electron chi connectivity index (χ3n) is 6.19. The van der Waals surface area contributed by atoms with E-state index in [0.29, 0.717) is 11.4 Å². The zero-order chi connectivity index (χ0) is 25.6. The fourth-order valence-electron chi connectivity index (χ4n) is 4.31. The fraction of sp³-hybridized carbons (Fsp3) is 0.500. The van der Waals surface area contributed by atoms with E-state index in [1.165, 1.54) is 19.2 Å². The predicted octanol–water partition coefficient (Wildman–Crippen LogP) is 3.40. The van der Waals surface area contributed by atoms with Gasteiger partial charge in [0.05, 0.1) is 27.9 Å². The maximum absolute atomic E-state index is 13.6. The summed E-state index contributed by atoms with van der Waals surface area (Å²) in [5.74, 6) is 1.17. The molecule has 9 nitrogen and oxygen atoms in total. The van der Waals surface area contributed by atoms with Crippen molar-refractivity contribution in [1.82, 2.24) is 14.5 Å². The maximum atomic E-state index is 13.6. The Bertz CT molecular complexity index is 1460. The van der Waals surface area contributed by atoms with Crippen LogP contribution in [0.25, 0.3) is 11.0 Å². The summed E-state index contributed by atoms with van der Waals surface area (Å²) in [4.78, 5) is 8.25. The third kappa shape index (κ3) is 5.07. The number of ether oxygens (including phenoxy) is 2. The van der Waals surface area contributed by atoms with Gasteiger partial charge >= 0.3 is 0 Å². The quantitative estimate of drug-likeness (QED) is 0.484. The summed E-state index contributed by atoms with van der Waals surface area (Å²) in [6, 6.07) is 5.92. The van der Waals surface area contributed by atoms with Crippen molar-refractivity contribution in [2.75, 3.05) is 26.6 Å². The molecule has 35 heavy (non-hydrogen) atoms. The standard InChI is InChI=1S/C24H31N3O6S2/c1-24(2,3)23-26-19-12-17(6-7-20(19)27(23)15-16-8-10-33-11-9-16)35(30,31)21-13-18(34(5,28)29)14-25-22(21)32-4/h6-7,12-14,16H,8-11,15H2,1-5H3. The van der Waals surface area contributed by atoms with Gasteiger partial charge < -0.3 is 14.0 Å². The van der Waals surface area contributed by atoms with Gasteiger partial charge in [-0.3, -0.25) is 0 Å². The van der Waals surface area contributed by atoms with Crippen LogP contribution in [0.3, 0.4) is 0 Å². The van der Waals surface area contributed by atoms with Gasteiger partial charge in [-0.2, -0.15) is 0 Å². The molecule has 1 saturated heterocycles. The van der Waals surface area contributed by atoms with Crippen molar-refractivity contribution >= 4 is 30.7 Å². The number of pyridine rings is 1. The minimum Gasteiger partial charge on any atom is -0.480 e. The molecule has 0 radical (unpaired) electrons. The summed E-state index contributed by atoms with van der Waals surface area (Å²) in [6.45, 7) is 8.52. The van der Waals surface area contributed by atoms with Crippen molar-refractivity contribution in [2.45, 2.75) is 60.3 Å². The van der Waals surface area contributed by atoms with Crippen LogP contribution >= 0.6 is 0 Å². The second-order valence-corrected chi connectivity index (χ2v) is 13.9. The molecule has 0 amide bonds. The molecule has 0 atom stereocenters.